The van der Waals surface area contributed by atoms with Gasteiger partial charge in [0.25, 0.3) is 5.91 Å². The maximum Gasteiger partial charge on any atom is 0.257 e. The summed E-state index contributed by atoms with van der Waals surface area (Å²) in [6, 6.07) is 2.41. The molecule has 0 saturated heterocycles. The molecule has 158 valence electrons. The molecule has 1 aliphatic rings. The van der Waals surface area contributed by atoms with Crippen LogP contribution in [0.1, 0.15) is 30.6 Å². The summed E-state index contributed by atoms with van der Waals surface area (Å²) < 4.78 is 34.0. The molecule has 1 amide bonds. The zero-order valence-corrected chi connectivity index (χ0v) is 16.6. The van der Waals surface area contributed by atoms with Crippen molar-refractivity contribution in [3.05, 3.63) is 35.9 Å². The average Bonchev–Trinajstić information content (AvgIpc) is 3.21. The van der Waals surface area contributed by atoms with Crippen LogP contribution in [0.5, 0.6) is 5.88 Å². The molecule has 11 heteroatoms. The van der Waals surface area contributed by atoms with E-state index in [1.165, 1.54) is 16.8 Å². The molecule has 9 nitrogen and oxygen atoms in total. The molecule has 30 heavy (non-hydrogen) atoms. The number of carbonyl (C=O) groups is 1. The molecule has 4 rings (SSSR count). The quantitative estimate of drug-likeness (QED) is 0.543. The van der Waals surface area contributed by atoms with Crippen molar-refractivity contribution in [2.24, 2.45) is 0 Å². The Labute approximate surface area is 170 Å². The normalized spacial score (nSPS) is 17.8. The van der Waals surface area contributed by atoms with E-state index in [0.717, 1.165) is 6.20 Å². The van der Waals surface area contributed by atoms with Crippen molar-refractivity contribution >= 4 is 28.9 Å². The van der Waals surface area contributed by atoms with Crippen molar-refractivity contribution < 1.29 is 18.3 Å². The highest BCUT2D eigenvalue weighted by Gasteiger charge is 2.39. The Morgan fingerprint density at radius 3 is 2.77 bits per heavy atom. The second-order valence-electron chi connectivity index (χ2n) is 7.20. The summed E-state index contributed by atoms with van der Waals surface area (Å²) in [6.45, 7) is 3.66. The van der Waals surface area contributed by atoms with E-state index in [4.69, 9.17) is 4.74 Å². The minimum absolute atomic E-state index is 0.168. The highest BCUT2D eigenvalue weighted by molar-refractivity contribution is 6.00. The molecule has 3 N–H and O–H groups in total. The predicted molar refractivity (Wildman–Crippen MR) is 107 cm³/mol. The largest absolute Gasteiger partial charge is 0.473 e. The standard InChI is InChI=1S/C19H21F2N7O2/c1-9(2)30-19-14(4-10(20)7-23-19)25-15-6-16(22-3)28-17(27-15)11(8-24-28)18(29)26-13-5-12(13)21/h4,6-9,12-13,22H,5H2,1-3H3,(H,25,27)(H,26,29). The Morgan fingerprint density at radius 1 is 1.33 bits per heavy atom. The number of ether oxygens (including phenoxy) is 1. The first-order valence-electron chi connectivity index (χ1n) is 9.46. The summed E-state index contributed by atoms with van der Waals surface area (Å²) in [7, 11) is 1.69. The van der Waals surface area contributed by atoms with Crippen LogP contribution in [-0.4, -0.2) is 50.9 Å². The molecule has 2 unspecified atom stereocenters. The minimum Gasteiger partial charge on any atom is -0.473 e. The number of hydrogen-bond acceptors (Lipinski definition) is 7. The molecule has 0 bridgehead atoms. The molecule has 3 heterocycles. The average molecular weight is 417 g/mol. The fraction of sp³-hybridized carbons (Fsp3) is 0.368. The van der Waals surface area contributed by atoms with Crippen LogP contribution in [-0.2, 0) is 0 Å². The number of nitrogens with one attached hydrogen (secondary N) is 3. The molecular formula is C19H21F2N7O2. The first kappa shape index (κ1) is 19.8. The van der Waals surface area contributed by atoms with E-state index in [1.807, 2.05) is 13.8 Å². The van der Waals surface area contributed by atoms with Crippen molar-refractivity contribution in [3.8, 4) is 5.88 Å². The predicted octanol–water partition coefficient (Wildman–Crippen LogP) is 2.68. The fourth-order valence-corrected chi connectivity index (χ4v) is 2.90. The molecule has 3 aromatic heterocycles. The topological polar surface area (TPSA) is 105 Å². The first-order valence-corrected chi connectivity index (χ1v) is 9.46. The molecule has 3 aromatic rings. The highest BCUT2D eigenvalue weighted by atomic mass is 19.1. The number of amides is 1. The van der Waals surface area contributed by atoms with Gasteiger partial charge in [0.05, 0.1) is 24.5 Å². The monoisotopic (exact) mass is 417 g/mol. The molecule has 1 saturated carbocycles. The summed E-state index contributed by atoms with van der Waals surface area (Å²) in [4.78, 5) is 20.9. The van der Waals surface area contributed by atoms with Crippen molar-refractivity contribution in [3.63, 3.8) is 0 Å². The zero-order chi connectivity index (χ0) is 21.4. The van der Waals surface area contributed by atoms with Gasteiger partial charge in [-0.05, 0) is 13.8 Å². The van der Waals surface area contributed by atoms with Gasteiger partial charge in [-0.15, -0.1) is 0 Å². The minimum atomic E-state index is -1.02. The van der Waals surface area contributed by atoms with Crippen LogP contribution in [0.15, 0.2) is 24.5 Å². The van der Waals surface area contributed by atoms with E-state index < -0.39 is 23.9 Å². The molecule has 1 aliphatic carbocycles. The second-order valence-corrected chi connectivity index (χ2v) is 7.20. The second kappa shape index (κ2) is 7.73. The lowest BCUT2D eigenvalue weighted by Gasteiger charge is -2.15. The Hall–Kier alpha value is -3.50. The van der Waals surface area contributed by atoms with Crippen molar-refractivity contribution in [1.82, 2.24) is 24.9 Å². The van der Waals surface area contributed by atoms with Crippen molar-refractivity contribution in [2.75, 3.05) is 17.7 Å². The Morgan fingerprint density at radius 2 is 2.10 bits per heavy atom. The van der Waals surface area contributed by atoms with Crippen molar-refractivity contribution in [1.29, 1.82) is 0 Å². The summed E-state index contributed by atoms with van der Waals surface area (Å²) in [5.74, 6) is 0.0637. The van der Waals surface area contributed by atoms with Crippen LogP contribution in [0.3, 0.4) is 0 Å². The maximum atomic E-state index is 13.8. The molecular weight excluding hydrogens is 396 g/mol. The van der Waals surface area contributed by atoms with Crippen LogP contribution in [0.4, 0.5) is 26.1 Å². The number of anilines is 3. The zero-order valence-electron chi connectivity index (χ0n) is 16.6. The van der Waals surface area contributed by atoms with E-state index in [9.17, 15) is 13.6 Å². The van der Waals surface area contributed by atoms with E-state index in [2.05, 4.69) is 31.0 Å². The van der Waals surface area contributed by atoms with Crippen LogP contribution >= 0.6 is 0 Å². The van der Waals surface area contributed by atoms with Gasteiger partial charge in [0.2, 0.25) is 5.88 Å². The van der Waals surface area contributed by atoms with Gasteiger partial charge in [-0.3, -0.25) is 4.79 Å². The van der Waals surface area contributed by atoms with Crippen LogP contribution < -0.4 is 20.7 Å². The van der Waals surface area contributed by atoms with Gasteiger partial charge in [0.1, 0.15) is 34.9 Å². The van der Waals surface area contributed by atoms with Gasteiger partial charge in [0.15, 0.2) is 5.65 Å². The van der Waals surface area contributed by atoms with E-state index in [0.29, 0.717) is 18.1 Å². The van der Waals surface area contributed by atoms with Gasteiger partial charge in [-0.1, -0.05) is 0 Å². The van der Waals surface area contributed by atoms with Crippen LogP contribution in [0.2, 0.25) is 0 Å². The van der Waals surface area contributed by atoms with E-state index in [-0.39, 0.29) is 28.9 Å². The lowest BCUT2D eigenvalue weighted by atomic mass is 10.3. The molecule has 0 aliphatic heterocycles. The number of alkyl halides is 1. The molecule has 1 fully saturated rings. The lowest BCUT2D eigenvalue weighted by Crippen LogP contribution is -2.27. The number of halogens is 2. The number of rotatable bonds is 7. The molecule has 0 aromatic carbocycles. The number of nitrogens with zero attached hydrogens (tertiary/aromatic N) is 4. The maximum absolute atomic E-state index is 13.8. The summed E-state index contributed by atoms with van der Waals surface area (Å²) in [5.41, 5.74) is 0.741. The number of carbonyl (C=O) groups excluding carboxylic acids is 1. The van der Waals surface area contributed by atoms with Crippen molar-refractivity contribution in [2.45, 2.75) is 38.6 Å². The lowest BCUT2D eigenvalue weighted by molar-refractivity contribution is 0.0949. The van der Waals surface area contributed by atoms with Gasteiger partial charge in [-0.25, -0.2) is 18.7 Å². The number of aromatic nitrogens is 4. The third kappa shape index (κ3) is 3.95. The van der Waals surface area contributed by atoms with Gasteiger partial charge in [0, 0.05) is 25.6 Å². The van der Waals surface area contributed by atoms with Gasteiger partial charge in [-0.2, -0.15) is 9.61 Å². The number of fused-ring (bicyclic) bond motifs is 1. The Kier molecular flexibility index (Phi) is 5.10. The summed E-state index contributed by atoms with van der Waals surface area (Å²) >= 11 is 0. The van der Waals surface area contributed by atoms with E-state index in [1.54, 1.807) is 13.1 Å². The third-order valence-electron chi connectivity index (χ3n) is 4.43. The van der Waals surface area contributed by atoms with E-state index >= 15 is 0 Å². The Bertz CT molecular complexity index is 1100. The van der Waals surface area contributed by atoms with Gasteiger partial charge >= 0.3 is 0 Å². The van der Waals surface area contributed by atoms with Gasteiger partial charge < -0.3 is 20.7 Å². The molecule has 2 atom stereocenters. The Balaban J connectivity index is 1.70. The molecule has 0 spiro atoms. The fourth-order valence-electron chi connectivity index (χ4n) is 2.90. The third-order valence-corrected chi connectivity index (χ3v) is 4.43. The number of pyridine rings is 1. The molecule has 0 radical (unpaired) electrons. The highest BCUT2D eigenvalue weighted by Crippen LogP contribution is 2.29. The van der Waals surface area contributed by atoms with Crippen LogP contribution in [0.25, 0.3) is 5.65 Å². The van der Waals surface area contributed by atoms with Crippen LogP contribution in [0, 0.1) is 5.82 Å². The smallest absolute Gasteiger partial charge is 0.257 e. The first-order chi connectivity index (χ1) is 14.4. The summed E-state index contributed by atoms with van der Waals surface area (Å²) in [5, 5.41) is 12.8. The summed E-state index contributed by atoms with van der Waals surface area (Å²) in [6.07, 6.45) is 1.55. The SMILES string of the molecule is CNc1cc(Nc2cc(F)cnc2OC(C)C)nc2c(C(=O)NC3CC3F)cnn12. The number of hydrogen-bond donors (Lipinski definition) is 3.